The van der Waals surface area contributed by atoms with Crippen molar-refractivity contribution in [3.8, 4) is 0 Å². The average Bonchev–Trinajstić information content (AvgIpc) is 3.01. The summed E-state index contributed by atoms with van der Waals surface area (Å²) in [5, 5.41) is 4.98. The maximum Gasteiger partial charge on any atom is 0.278 e. The Labute approximate surface area is 143 Å². The molecule has 0 N–H and O–H groups in total. The van der Waals surface area contributed by atoms with Crippen LogP contribution < -0.4 is 5.01 Å². The van der Waals surface area contributed by atoms with Gasteiger partial charge in [-0.15, -0.1) is 0 Å². The van der Waals surface area contributed by atoms with E-state index in [0.29, 0.717) is 32.0 Å². The van der Waals surface area contributed by atoms with E-state index in [1.807, 2.05) is 0 Å². The van der Waals surface area contributed by atoms with Gasteiger partial charge in [-0.05, 0) is 30.7 Å². The molecule has 130 valence electrons. The van der Waals surface area contributed by atoms with Crippen molar-refractivity contribution in [2.24, 2.45) is 10.5 Å². The highest BCUT2D eigenvalue weighted by atomic mass is 19.1. The molecule has 2 fully saturated rings. The van der Waals surface area contributed by atoms with Crippen LogP contribution in [0.2, 0.25) is 0 Å². The zero-order chi connectivity index (χ0) is 17.6. The minimum atomic E-state index is -0.584. The standard InChI is InChI=1S/C17H16FN3O4/c18-11-1-3-12(4-2-11)21-14(23)7-13(22)15(19-21)16(24)20-6-5-17(8-20)9-25-10-17/h1-4H,5-10H2. The molecule has 0 atom stereocenters. The Morgan fingerprint density at radius 1 is 1.20 bits per heavy atom. The highest BCUT2D eigenvalue weighted by molar-refractivity contribution is 6.67. The van der Waals surface area contributed by atoms with Crippen LogP contribution >= 0.6 is 0 Å². The summed E-state index contributed by atoms with van der Waals surface area (Å²) in [7, 11) is 0. The number of ketones is 1. The van der Waals surface area contributed by atoms with Gasteiger partial charge in [-0.25, -0.2) is 4.39 Å². The molecule has 3 heterocycles. The number of rotatable bonds is 2. The lowest BCUT2D eigenvalue weighted by Gasteiger charge is -2.37. The molecule has 1 aromatic rings. The number of halogens is 1. The van der Waals surface area contributed by atoms with Gasteiger partial charge in [0.05, 0.1) is 25.3 Å². The molecule has 1 aromatic carbocycles. The first-order chi connectivity index (χ1) is 12.0. The second-order valence-corrected chi connectivity index (χ2v) is 6.70. The van der Waals surface area contributed by atoms with E-state index in [1.54, 1.807) is 4.90 Å². The molecule has 0 radical (unpaired) electrons. The van der Waals surface area contributed by atoms with Gasteiger partial charge in [0.2, 0.25) is 0 Å². The third kappa shape index (κ3) is 2.72. The van der Waals surface area contributed by atoms with Crippen molar-refractivity contribution in [3.63, 3.8) is 0 Å². The monoisotopic (exact) mass is 345 g/mol. The first-order valence-electron chi connectivity index (χ1n) is 8.05. The summed E-state index contributed by atoms with van der Waals surface area (Å²) in [5.74, 6) is -2.04. The third-order valence-corrected chi connectivity index (χ3v) is 4.83. The van der Waals surface area contributed by atoms with Crippen molar-refractivity contribution in [1.82, 2.24) is 4.90 Å². The molecule has 0 saturated carbocycles. The molecular formula is C17H16FN3O4. The summed E-state index contributed by atoms with van der Waals surface area (Å²) in [4.78, 5) is 38.6. The van der Waals surface area contributed by atoms with Crippen LogP contribution in [0.3, 0.4) is 0 Å². The van der Waals surface area contributed by atoms with E-state index in [9.17, 15) is 18.8 Å². The second kappa shape index (κ2) is 5.73. The molecule has 4 rings (SSSR count). The van der Waals surface area contributed by atoms with Gasteiger partial charge in [-0.3, -0.25) is 14.4 Å². The summed E-state index contributed by atoms with van der Waals surface area (Å²) in [6.07, 6.45) is 0.408. The molecule has 3 aliphatic rings. The second-order valence-electron chi connectivity index (χ2n) is 6.70. The van der Waals surface area contributed by atoms with Crippen LogP contribution in [-0.2, 0) is 19.1 Å². The minimum absolute atomic E-state index is 0.000395. The average molecular weight is 345 g/mol. The topological polar surface area (TPSA) is 79.3 Å². The predicted molar refractivity (Wildman–Crippen MR) is 85.4 cm³/mol. The fraction of sp³-hybridized carbons (Fsp3) is 0.412. The molecule has 1 spiro atoms. The molecule has 2 saturated heterocycles. The van der Waals surface area contributed by atoms with E-state index < -0.39 is 29.8 Å². The maximum atomic E-state index is 13.1. The number of amides is 2. The predicted octanol–water partition coefficient (Wildman–Crippen LogP) is 0.736. The SMILES string of the molecule is O=C1CC(=O)N(c2ccc(F)cc2)N=C1C(=O)N1CCC2(COC2)C1. The Kier molecular flexibility index (Phi) is 3.64. The highest BCUT2D eigenvalue weighted by Crippen LogP contribution is 2.37. The Morgan fingerprint density at radius 3 is 2.52 bits per heavy atom. The van der Waals surface area contributed by atoms with Crippen LogP contribution in [0.4, 0.5) is 10.1 Å². The minimum Gasteiger partial charge on any atom is -0.380 e. The van der Waals surface area contributed by atoms with Crippen LogP contribution in [0.15, 0.2) is 29.4 Å². The van der Waals surface area contributed by atoms with E-state index in [2.05, 4.69) is 5.10 Å². The van der Waals surface area contributed by atoms with Crippen molar-refractivity contribution >= 4 is 29.0 Å². The van der Waals surface area contributed by atoms with E-state index >= 15 is 0 Å². The highest BCUT2D eigenvalue weighted by Gasteiger charge is 2.47. The number of hydrogen-bond donors (Lipinski definition) is 0. The number of anilines is 1. The number of carbonyl (C=O) groups excluding carboxylic acids is 3. The van der Waals surface area contributed by atoms with Gasteiger partial charge in [0.15, 0.2) is 11.5 Å². The van der Waals surface area contributed by atoms with Gasteiger partial charge in [0.1, 0.15) is 5.82 Å². The lowest BCUT2D eigenvalue weighted by atomic mass is 9.85. The van der Waals surface area contributed by atoms with Crippen LogP contribution in [0.25, 0.3) is 0 Å². The van der Waals surface area contributed by atoms with Crippen molar-refractivity contribution in [2.75, 3.05) is 31.3 Å². The Bertz CT molecular complexity index is 786. The van der Waals surface area contributed by atoms with Gasteiger partial charge in [-0.1, -0.05) is 0 Å². The number of likely N-dealkylation sites (tertiary alicyclic amines) is 1. The number of hydrogen-bond acceptors (Lipinski definition) is 5. The molecule has 0 aromatic heterocycles. The zero-order valence-corrected chi connectivity index (χ0v) is 13.4. The van der Waals surface area contributed by atoms with Gasteiger partial charge >= 0.3 is 0 Å². The summed E-state index contributed by atoms with van der Waals surface area (Å²) in [6, 6.07) is 5.14. The van der Waals surface area contributed by atoms with Crippen molar-refractivity contribution in [2.45, 2.75) is 12.8 Å². The van der Waals surface area contributed by atoms with E-state index in [0.717, 1.165) is 11.4 Å². The summed E-state index contributed by atoms with van der Waals surface area (Å²) in [6.45, 7) is 2.32. The molecular weight excluding hydrogens is 329 g/mol. The van der Waals surface area contributed by atoms with Crippen LogP contribution in [0.5, 0.6) is 0 Å². The molecule has 0 aliphatic carbocycles. The molecule has 0 unspecified atom stereocenters. The van der Waals surface area contributed by atoms with E-state index in [4.69, 9.17) is 4.74 Å². The van der Waals surface area contributed by atoms with Gasteiger partial charge in [0, 0.05) is 18.5 Å². The fourth-order valence-corrected chi connectivity index (χ4v) is 3.34. The van der Waals surface area contributed by atoms with E-state index in [1.165, 1.54) is 24.3 Å². The lowest BCUT2D eigenvalue weighted by molar-refractivity contribution is -0.130. The number of ether oxygens (including phenoxy) is 1. The van der Waals surface area contributed by atoms with Crippen LogP contribution in [-0.4, -0.2) is 54.5 Å². The largest absolute Gasteiger partial charge is 0.380 e. The first kappa shape index (κ1) is 15.9. The van der Waals surface area contributed by atoms with Gasteiger partial charge in [0.25, 0.3) is 11.8 Å². The molecule has 2 amide bonds. The Balaban J connectivity index is 1.59. The molecule has 0 bridgehead atoms. The Hall–Kier alpha value is -2.61. The van der Waals surface area contributed by atoms with E-state index in [-0.39, 0.29) is 11.1 Å². The van der Waals surface area contributed by atoms with Crippen LogP contribution in [0.1, 0.15) is 12.8 Å². The first-order valence-corrected chi connectivity index (χ1v) is 8.05. The summed E-state index contributed by atoms with van der Waals surface area (Å²) < 4.78 is 18.3. The van der Waals surface area contributed by atoms with Crippen molar-refractivity contribution in [1.29, 1.82) is 0 Å². The normalized spacial score (nSPS) is 22.2. The number of hydrazone groups is 1. The number of carbonyl (C=O) groups is 3. The zero-order valence-electron chi connectivity index (χ0n) is 13.4. The number of Topliss-reactive ketones (excluding diaryl/α,β-unsaturated/α-hetero) is 1. The quantitative estimate of drug-likeness (QED) is 0.741. The fourth-order valence-electron chi connectivity index (χ4n) is 3.34. The van der Waals surface area contributed by atoms with Crippen molar-refractivity contribution in [3.05, 3.63) is 30.1 Å². The Morgan fingerprint density at radius 2 is 1.92 bits per heavy atom. The molecule has 25 heavy (non-hydrogen) atoms. The summed E-state index contributed by atoms with van der Waals surface area (Å²) in [5.41, 5.74) is 0.0659. The number of nitrogens with zero attached hydrogens (tertiary/aromatic N) is 3. The molecule has 3 aliphatic heterocycles. The maximum absolute atomic E-state index is 13.1. The van der Waals surface area contributed by atoms with Gasteiger partial charge < -0.3 is 9.64 Å². The van der Waals surface area contributed by atoms with Crippen LogP contribution in [0, 0.1) is 11.2 Å². The smallest absolute Gasteiger partial charge is 0.278 e. The summed E-state index contributed by atoms with van der Waals surface area (Å²) >= 11 is 0. The molecule has 7 nitrogen and oxygen atoms in total. The third-order valence-electron chi connectivity index (χ3n) is 4.83. The number of benzene rings is 1. The molecule has 8 heteroatoms. The van der Waals surface area contributed by atoms with Gasteiger partial charge in [-0.2, -0.15) is 10.1 Å². The van der Waals surface area contributed by atoms with Crippen molar-refractivity contribution < 1.29 is 23.5 Å². The lowest BCUT2D eigenvalue weighted by Crippen LogP contribution is -2.49.